The molecule has 1 aliphatic heterocycles. The Kier molecular flexibility index (Phi) is 13.4. The van der Waals surface area contributed by atoms with Crippen LogP contribution in [0.5, 0.6) is 5.88 Å². The van der Waals surface area contributed by atoms with Gasteiger partial charge in [0.15, 0.2) is 11.5 Å². The number of nitrogens with zero attached hydrogens (tertiary/aromatic N) is 5. The fourth-order valence-electron chi connectivity index (χ4n) is 5.32. The van der Waals surface area contributed by atoms with E-state index in [2.05, 4.69) is 68.7 Å². The average molecular weight is 674 g/mol. The van der Waals surface area contributed by atoms with Gasteiger partial charge >= 0.3 is 17.9 Å². The van der Waals surface area contributed by atoms with Gasteiger partial charge in [-0.15, -0.1) is 15.3 Å². The van der Waals surface area contributed by atoms with Crippen LogP contribution in [0.3, 0.4) is 0 Å². The summed E-state index contributed by atoms with van der Waals surface area (Å²) >= 11 is 0. The lowest BCUT2D eigenvalue weighted by atomic mass is 9.93. The zero-order chi connectivity index (χ0) is 35.2. The minimum atomic E-state index is -1.26. The largest absolute Gasteiger partial charge is 0.478 e. The molecule has 49 heavy (non-hydrogen) atoms. The number of aliphatic carboxylic acids is 2. The normalized spacial score (nSPS) is 14.0. The van der Waals surface area contributed by atoms with E-state index < -0.39 is 17.4 Å². The first kappa shape index (κ1) is 36.7. The van der Waals surface area contributed by atoms with Gasteiger partial charge in [0.05, 0.1) is 19.3 Å². The Balaban J connectivity index is 0.000000603. The van der Waals surface area contributed by atoms with Crippen LogP contribution in [-0.2, 0) is 29.3 Å². The summed E-state index contributed by atoms with van der Waals surface area (Å²) in [7, 11) is 0. The molecule has 0 atom stereocenters. The van der Waals surface area contributed by atoms with Crippen LogP contribution in [0.25, 0.3) is 5.65 Å². The number of ether oxygens (including phenoxy) is 3. The number of aromatic nitrogens is 4. The number of carboxylic acid groups (broad SMARTS) is 2. The van der Waals surface area contributed by atoms with Gasteiger partial charge in [-0.1, -0.05) is 60.7 Å². The second-order valence-electron chi connectivity index (χ2n) is 11.9. The molecule has 0 bridgehead atoms. The molecule has 0 unspecified atom stereocenters. The highest BCUT2D eigenvalue weighted by Crippen LogP contribution is 2.30. The van der Waals surface area contributed by atoms with Crippen LogP contribution in [0.2, 0.25) is 0 Å². The Morgan fingerprint density at radius 2 is 1.49 bits per heavy atom. The monoisotopic (exact) mass is 673 g/mol. The van der Waals surface area contributed by atoms with Gasteiger partial charge in [0.1, 0.15) is 11.5 Å². The van der Waals surface area contributed by atoms with Crippen LogP contribution in [0.4, 0.5) is 0 Å². The minimum absolute atomic E-state index is 0.0544. The van der Waals surface area contributed by atoms with Gasteiger partial charge in [0.25, 0.3) is 0 Å². The molecule has 1 fully saturated rings. The number of piperidine rings is 1. The maximum Gasteiger partial charge on any atom is 0.328 e. The first-order valence-electron chi connectivity index (χ1n) is 16.2. The van der Waals surface area contributed by atoms with E-state index in [1.165, 1.54) is 11.1 Å². The van der Waals surface area contributed by atoms with Crippen molar-refractivity contribution in [2.24, 2.45) is 0 Å². The molecule has 2 N–H and O–H groups in total. The summed E-state index contributed by atoms with van der Waals surface area (Å²) in [6.45, 7) is 9.08. The molecule has 1 saturated heterocycles. The van der Waals surface area contributed by atoms with Crippen molar-refractivity contribution in [3.8, 4) is 5.88 Å². The van der Waals surface area contributed by atoms with Crippen LogP contribution >= 0.6 is 0 Å². The summed E-state index contributed by atoms with van der Waals surface area (Å²) in [5.41, 5.74) is 1.94. The highest BCUT2D eigenvalue weighted by atomic mass is 16.5. The quantitative estimate of drug-likeness (QED) is 0.108. The number of hydrogen-bond donors (Lipinski definition) is 2. The Bertz CT molecular complexity index is 1630. The summed E-state index contributed by atoms with van der Waals surface area (Å²) < 4.78 is 19.4. The number of esters is 1. The average Bonchev–Trinajstić information content (AvgIpc) is 3.54. The molecule has 13 heteroatoms. The van der Waals surface area contributed by atoms with E-state index >= 15 is 0 Å². The summed E-state index contributed by atoms with van der Waals surface area (Å²) in [4.78, 5) is 34.1. The molecule has 260 valence electrons. The number of carbonyl (C=O) groups is 3. The van der Waals surface area contributed by atoms with Gasteiger partial charge in [-0.05, 0) is 57.2 Å². The lowest BCUT2D eigenvalue weighted by molar-refractivity contribution is -0.149. The standard InChI is InChI=1S/C32H39N5O4.C4H4O4/c1-4-39-31(38)32(2,3)30-34-33-27-16-17-28(35-37(27)30)40-23-11-20-36-21-18-26(19-22-36)41-29(24-12-7-5-8-13-24)25-14-9-6-10-15-25;5-3(6)1-2-4(7)8/h5-10,12-17,26,29H,4,11,18-23H2,1-3H3;1-2H,(H,5,6)(H,7,8)/b;2-1+. The van der Waals surface area contributed by atoms with E-state index in [0.29, 0.717) is 42.7 Å². The maximum atomic E-state index is 12.5. The molecule has 2 aromatic heterocycles. The molecule has 0 amide bonds. The van der Waals surface area contributed by atoms with Gasteiger partial charge in [0.2, 0.25) is 5.88 Å². The first-order chi connectivity index (χ1) is 23.6. The Morgan fingerprint density at radius 1 is 0.898 bits per heavy atom. The number of fused-ring (bicyclic) bond motifs is 1. The number of rotatable bonds is 14. The summed E-state index contributed by atoms with van der Waals surface area (Å²) in [5.74, 6) is -1.99. The SMILES string of the molecule is CCOC(=O)C(C)(C)c1nnc2ccc(OCCCN3CCC(OC(c4ccccc4)c4ccccc4)CC3)nn12.O=C(O)/C=C/C(=O)O. The summed E-state index contributed by atoms with van der Waals surface area (Å²) in [6.07, 6.45) is 4.17. The summed E-state index contributed by atoms with van der Waals surface area (Å²) in [6, 6.07) is 24.5. The molecule has 13 nitrogen and oxygen atoms in total. The molecule has 0 saturated carbocycles. The molecule has 4 aromatic rings. The molecule has 5 rings (SSSR count). The lowest BCUT2D eigenvalue weighted by Crippen LogP contribution is -2.38. The first-order valence-corrected chi connectivity index (χ1v) is 16.2. The highest BCUT2D eigenvalue weighted by Gasteiger charge is 2.37. The minimum Gasteiger partial charge on any atom is -0.478 e. The van der Waals surface area contributed by atoms with Crippen LogP contribution in [0.15, 0.2) is 84.9 Å². The zero-order valence-electron chi connectivity index (χ0n) is 28.0. The Morgan fingerprint density at radius 3 is 2.04 bits per heavy atom. The second-order valence-corrected chi connectivity index (χ2v) is 11.9. The molecular formula is C36H43N5O8. The van der Waals surface area contributed by atoms with Gasteiger partial charge in [-0.3, -0.25) is 4.79 Å². The molecule has 3 heterocycles. The molecule has 0 spiro atoms. The third-order valence-electron chi connectivity index (χ3n) is 7.89. The number of hydrogen-bond acceptors (Lipinski definition) is 10. The highest BCUT2D eigenvalue weighted by molar-refractivity contribution is 5.89. The number of carboxylic acids is 2. The van der Waals surface area contributed by atoms with Gasteiger partial charge in [-0.25, -0.2) is 9.59 Å². The van der Waals surface area contributed by atoms with E-state index in [1.54, 1.807) is 37.4 Å². The zero-order valence-corrected chi connectivity index (χ0v) is 28.0. The van der Waals surface area contributed by atoms with E-state index in [-0.39, 0.29) is 18.2 Å². The van der Waals surface area contributed by atoms with Crippen molar-refractivity contribution in [2.75, 3.05) is 32.8 Å². The van der Waals surface area contributed by atoms with Crippen molar-refractivity contribution in [2.45, 2.75) is 57.7 Å². The fraction of sp³-hybridized carbons (Fsp3) is 0.389. The van der Waals surface area contributed by atoms with E-state index in [9.17, 15) is 14.4 Å². The van der Waals surface area contributed by atoms with Gasteiger partial charge < -0.3 is 29.3 Å². The fourth-order valence-corrected chi connectivity index (χ4v) is 5.32. The van der Waals surface area contributed by atoms with Crippen molar-refractivity contribution in [1.29, 1.82) is 0 Å². The number of carbonyl (C=O) groups excluding carboxylic acids is 1. The van der Waals surface area contributed by atoms with Crippen LogP contribution in [0.1, 0.15) is 63.1 Å². The van der Waals surface area contributed by atoms with Crippen molar-refractivity contribution in [3.05, 3.63) is 102 Å². The van der Waals surface area contributed by atoms with Crippen LogP contribution in [0, 0.1) is 0 Å². The third-order valence-corrected chi connectivity index (χ3v) is 7.89. The topological polar surface area (TPSA) is 166 Å². The maximum absolute atomic E-state index is 12.5. The van der Waals surface area contributed by atoms with Gasteiger partial charge in [-0.2, -0.15) is 4.52 Å². The van der Waals surface area contributed by atoms with E-state index in [1.807, 2.05) is 12.1 Å². The van der Waals surface area contributed by atoms with E-state index in [4.69, 9.17) is 24.4 Å². The lowest BCUT2D eigenvalue weighted by Gasteiger charge is -2.34. The van der Waals surface area contributed by atoms with Crippen molar-refractivity contribution in [1.82, 2.24) is 24.7 Å². The smallest absolute Gasteiger partial charge is 0.328 e. The van der Waals surface area contributed by atoms with Crippen LogP contribution in [-0.4, -0.2) is 91.8 Å². The van der Waals surface area contributed by atoms with Crippen molar-refractivity contribution < 1.29 is 38.8 Å². The molecule has 1 aliphatic rings. The van der Waals surface area contributed by atoms with Crippen molar-refractivity contribution >= 4 is 23.6 Å². The van der Waals surface area contributed by atoms with Crippen LogP contribution < -0.4 is 4.74 Å². The Hall–Kier alpha value is -5.14. The third kappa shape index (κ3) is 10.7. The van der Waals surface area contributed by atoms with Crippen molar-refractivity contribution in [3.63, 3.8) is 0 Å². The molecular weight excluding hydrogens is 630 g/mol. The predicted molar refractivity (Wildman–Crippen MR) is 180 cm³/mol. The second kappa shape index (κ2) is 17.9. The predicted octanol–water partition coefficient (Wildman–Crippen LogP) is 4.72. The summed E-state index contributed by atoms with van der Waals surface area (Å²) in [5, 5.41) is 28.5. The molecule has 0 radical (unpaired) electrons. The van der Waals surface area contributed by atoms with E-state index in [0.717, 1.165) is 38.9 Å². The Labute approximate surface area is 285 Å². The molecule has 2 aromatic carbocycles. The number of benzene rings is 2. The molecule has 0 aliphatic carbocycles. The number of likely N-dealkylation sites (tertiary alicyclic amines) is 1. The van der Waals surface area contributed by atoms with Gasteiger partial charge in [0, 0.05) is 37.9 Å².